The molecule has 1 rings (SSSR count). The largest absolute Gasteiger partial charge is 0.317 e. The van der Waals surface area contributed by atoms with E-state index in [9.17, 15) is 0 Å². The molecule has 0 aromatic carbocycles. The van der Waals surface area contributed by atoms with E-state index in [1.165, 1.54) is 19.5 Å². The molecule has 2 atom stereocenters. The fourth-order valence-corrected chi connectivity index (χ4v) is 1.34. The van der Waals surface area contributed by atoms with E-state index in [4.69, 9.17) is 0 Å². The number of nitrogens with one attached hydrogen (secondary N) is 2. The first-order chi connectivity index (χ1) is 4.34. The molecule has 1 saturated heterocycles. The fraction of sp³-hybridized carbons (Fsp3) is 1.00. The van der Waals surface area contributed by atoms with Crippen LogP contribution in [-0.4, -0.2) is 26.2 Å². The van der Waals surface area contributed by atoms with Gasteiger partial charge in [0.2, 0.25) is 0 Å². The van der Waals surface area contributed by atoms with Gasteiger partial charge in [0.25, 0.3) is 0 Å². The molecule has 0 amide bonds. The average Bonchev–Trinajstić information content (AvgIpc) is 2.37. The molecule has 1 aliphatic heterocycles. The third kappa shape index (κ3) is 1.66. The molecule has 0 aromatic rings. The lowest BCUT2D eigenvalue weighted by Crippen LogP contribution is -2.31. The summed E-state index contributed by atoms with van der Waals surface area (Å²) in [6.07, 6.45) is 1.34. The Kier molecular flexibility index (Phi) is 2.49. The van der Waals surface area contributed by atoms with Crippen molar-refractivity contribution in [2.24, 2.45) is 5.92 Å². The van der Waals surface area contributed by atoms with E-state index in [-0.39, 0.29) is 0 Å². The predicted octanol–water partition coefficient (Wildman–Crippen LogP) is 0.204. The van der Waals surface area contributed by atoms with Crippen LogP contribution in [0.1, 0.15) is 13.3 Å². The van der Waals surface area contributed by atoms with E-state index >= 15 is 0 Å². The predicted molar refractivity (Wildman–Crippen MR) is 39.5 cm³/mol. The molecule has 2 heteroatoms. The normalized spacial score (nSPS) is 30.7. The van der Waals surface area contributed by atoms with Crippen LogP contribution in [0.15, 0.2) is 0 Å². The van der Waals surface area contributed by atoms with Gasteiger partial charge in [-0.3, -0.25) is 0 Å². The van der Waals surface area contributed by atoms with Crippen LogP contribution >= 0.6 is 0 Å². The summed E-state index contributed by atoms with van der Waals surface area (Å²) in [6, 6.07) is 0.681. The minimum Gasteiger partial charge on any atom is -0.317 e. The minimum atomic E-state index is 0.681. The maximum atomic E-state index is 3.35. The van der Waals surface area contributed by atoms with Crippen LogP contribution in [0.3, 0.4) is 0 Å². The Balaban J connectivity index is 2.24. The second kappa shape index (κ2) is 3.18. The molecule has 0 saturated carbocycles. The monoisotopic (exact) mass is 128 g/mol. The molecular weight excluding hydrogens is 112 g/mol. The van der Waals surface area contributed by atoms with Gasteiger partial charge in [-0.1, -0.05) is 0 Å². The Labute approximate surface area is 57.0 Å². The summed E-state index contributed by atoms with van der Waals surface area (Å²) in [5, 5.41) is 6.61. The Bertz CT molecular complexity index is 77.0. The molecule has 1 fully saturated rings. The van der Waals surface area contributed by atoms with Crippen molar-refractivity contribution in [1.29, 1.82) is 0 Å². The van der Waals surface area contributed by atoms with Crippen molar-refractivity contribution in [1.82, 2.24) is 10.6 Å². The minimum absolute atomic E-state index is 0.681. The van der Waals surface area contributed by atoms with Crippen molar-refractivity contribution < 1.29 is 0 Å². The first kappa shape index (κ1) is 7.03. The van der Waals surface area contributed by atoms with E-state index in [2.05, 4.69) is 17.6 Å². The van der Waals surface area contributed by atoms with Crippen LogP contribution in [0, 0.1) is 5.92 Å². The smallest absolute Gasteiger partial charge is 0.00765 e. The van der Waals surface area contributed by atoms with E-state index in [0.717, 1.165) is 5.92 Å². The maximum Gasteiger partial charge on any atom is 0.00765 e. The first-order valence-corrected chi connectivity index (χ1v) is 3.72. The van der Waals surface area contributed by atoms with Crippen LogP contribution < -0.4 is 10.6 Å². The molecule has 0 bridgehead atoms. The lowest BCUT2D eigenvalue weighted by molar-refractivity contribution is 0.425. The third-order valence-electron chi connectivity index (χ3n) is 2.26. The zero-order valence-corrected chi connectivity index (χ0v) is 6.28. The van der Waals surface area contributed by atoms with Crippen LogP contribution in [-0.2, 0) is 0 Å². The molecule has 9 heavy (non-hydrogen) atoms. The topological polar surface area (TPSA) is 24.1 Å². The number of hydrogen-bond donors (Lipinski definition) is 2. The number of hydrogen-bond acceptors (Lipinski definition) is 2. The SMILES string of the molecule is CNC(C)[C@@H]1CCNC1. The lowest BCUT2D eigenvalue weighted by Gasteiger charge is -2.16. The van der Waals surface area contributed by atoms with Gasteiger partial charge in [0.1, 0.15) is 0 Å². The summed E-state index contributed by atoms with van der Waals surface area (Å²) >= 11 is 0. The van der Waals surface area contributed by atoms with Crippen molar-refractivity contribution in [3.8, 4) is 0 Å². The Hall–Kier alpha value is -0.0800. The second-order valence-electron chi connectivity index (χ2n) is 2.83. The van der Waals surface area contributed by atoms with Gasteiger partial charge in [-0.05, 0) is 39.4 Å². The molecule has 0 radical (unpaired) electrons. The van der Waals surface area contributed by atoms with Gasteiger partial charge in [0, 0.05) is 6.04 Å². The summed E-state index contributed by atoms with van der Waals surface area (Å²) in [5.41, 5.74) is 0. The van der Waals surface area contributed by atoms with E-state index in [0.29, 0.717) is 6.04 Å². The first-order valence-electron chi connectivity index (χ1n) is 3.72. The molecule has 2 N–H and O–H groups in total. The van der Waals surface area contributed by atoms with Crippen LogP contribution in [0.2, 0.25) is 0 Å². The standard InChI is InChI=1S/C7H16N2/c1-6(8-2)7-3-4-9-5-7/h6-9H,3-5H2,1-2H3/t6?,7-/m1/s1. The van der Waals surface area contributed by atoms with E-state index in [1.54, 1.807) is 0 Å². The van der Waals surface area contributed by atoms with Gasteiger partial charge < -0.3 is 10.6 Å². The molecule has 1 unspecified atom stereocenters. The highest BCUT2D eigenvalue weighted by Crippen LogP contribution is 2.11. The highest BCUT2D eigenvalue weighted by Gasteiger charge is 2.18. The zero-order valence-electron chi connectivity index (χ0n) is 6.28. The molecule has 0 aromatic heterocycles. The van der Waals surface area contributed by atoms with Gasteiger partial charge in [-0.15, -0.1) is 0 Å². The molecular formula is C7H16N2. The van der Waals surface area contributed by atoms with Crippen molar-refractivity contribution in [3.63, 3.8) is 0 Å². The van der Waals surface area contributed by atoms with Crippen LogP contribution in [0.4, 0.5) is 0 Å². The molecule has 1 aliphatic rings. The molecule has 0 spiro atoms. The summed E-state index contributed by atoms with van der Waals surface area (Å²) in [4.78, 5) is 0. The summed E-state index contributed by atoms with van der Waals surface area (Å²) in [6.45, 7) is 4.65. The van der Waals surface area contributed by atoms with Gasteiger partial charge in [-0.2, -0.15) is 0 Å². The van der Waals surface area contributed by atoms with Gasteiger partial charge in [0.15, 0.2) is 0 Å². The van der Waals surface area contributed by atoms with Crippen molar-refractivity contribution in [2.45, 2.75) is 19.4 Å². The highest BCUT2D eigenvalue weighted by molar-refractivity contribution is 4.78. The van der Waals surface area contributed by atoms with Crippen LogP contribution in [0.5, 0.6) is 0 Å². The van der Waals surface area contributed by atoms with Gasteiger partial charge >= 0.3 is 0 Å². The van der Waals surface area contributed by atoms with Gasteiger partial charge in [0.05, 0.1) is 0 Å². The average molecular weight is 128 g/mol. The van der Waals surface area contributed by atoms with E-state index < -0.39 is 0 Å². The van der Waals surface area contributed by atoms with Crippen LogP contribution in [0.25, 0.3) is 0 Å². The van der Waals surface area contributed by atoms with Crippen molar-refractivity contribution in [3.05, 3.63) is 0 Å². The Morgan fingerprint density at radius 1 is 1.67 bits per heavy atom. The molecule has 2 nitrogen and oxygen atoms in total. The second-order valence-corrected chi connectivity index (χ2v) is 2.83. The molecule has 54 valence electrons. The summed E-state index contributed by atoms with van der Waals surface area (Å²) in [7, 11) is 2.03. The van der Waals surface area contributed by atoms with Gasteiger partial charge in [-0.25, -0.2) is 0 Å². The van der Waals surface area contributed by atoms with Crippen molar-refractivity contribution >= 4 is 0 Å². The Morgan fingerprint density at radius 2 is 2.44 bits per heavy atom. The molecule has 1 heterocycles. The summed E-state index contributed by atoms with van der Waals surface area (Å²) < 4.78 is 0. The molecule has 0 aliphatic carbocycles. The Morgan fingerprint density at radius 3 is 2.89 bits per heavy atom. The summed E-state index contributed by atoms with van der Waals surface area (Å²) in [5.74, 6) is 0.856. The highest BCUT2D eigenvalue weighted by atomic mass is 14.9. The van der Waals surface area contributed by atoms with E-state index in [1.807, 2.05) is 7.05 Å². The van der Waals surface area contributed by atoms with Crippen molar-refractivity contribution in [2.75, 3.05) is 20.1 Å². The fourth-order valence-electron chi connectivity index (χ4n) is 1.34. The zero-order chi connectivity index (χ0) is 6.69. The third-order valence-corrected chi connectivity index (χ3v) is 2.26. The lowest BCUT2D eigenvalue weighted by atomic mass is 10.0. The maximum absolute atomic E-state index is 3.35. The number of rotatable bonds is 2. The quantitative estimate of drug-likeness (QED) is 0.555.